The van der Waals surface area contributed by atoms with Crippen molar-refractivity contribution in [2.24, 2.45) is 0 Å². The SMILES string of the molecule is [2H]C(C)(c1ccccc1)c1ccnc(-c2cccc3c2oc2ccccc23)c1. The normalized spacial score (nSPS) is 14.2. The minimum atomic E-state index is -0.860. The Kier molecular flexibility index (Phi) is 3.50. The molecule has 2 aromatic heterocycles. The fraction of sp³-hybridized carbons (Fsp3) is 0.0800. The van der Waals surface area contributed by atoms with Gasteiger partial charge >= 0.3 is 0 Å². The highest BCUT2D eigenvalue weighted by atomic mass is 16.3. The van der Waals surface area contributed by atoms with Gasteiger partial charge in [0.25, 0.3) is 0 Å². The minimum absolute atomic E-state index is 0.816. The van der Waals surface area contributed by atoms with Crippen molar-refractivity contribution in [1.82, 2.24) is 4.98 Å². The van der Waals surface area contributed by atoms with Crippen molar-refractivity contribution >= 4 is 21.9 Å². The van der Waals surface area contributed by atoms with Crippen LogP contribution in [0.3, 0.4) is 0 Å². The topological polar surface area (TPSA) is 26.0 Å². The van der Waals surface area contributed by atoms with Gasteiger partial charge in [-0.05, 0) is 35.4 Å². The lowest BCUT2D eigenvalue weighted by Gasteiger charge is -2.13. The molecule has 5 aromatic rings. The zero-order chi connectivity index (χ0) is 19.1. The highest BCUT2D eigenvalue weighted by molar-refractivity contribution is 6.09. The molecule has 0 radical (unpaired) electrons. The molecule has 0 aliphatic rings. The monoisotopic (exact) mass is 350 g/mol. The first-order valence-electron chi connectivity index (χ1n) is 9.57. The maximum Gasteiger partial charge on any atom is 0.144 e. The van der Waals surface area contributed by atoms with Gasteiger partial charge in [0.15, 0.2) is 0 Å². The van der Waals surface area contributed by atoms with Gasteiger partial charge in [0.2, 0.25) is 0 Å². The van der Waals surface area contributed by atoms with Crippen LogP contribution in [-0.2, 0) is 0 Å². The lowest BCUT2D eigenvalue weighted by atomic mass is 9.92. The van der Waals surface area contributed by atoms with Crippen LogP contribution >= 0.6 is 0 Å². The van der Waals surface area contributed by atoms with Crippen LogP contribution < -0.4 is 0 Å². The van der Waals surface area contributed by atoms with Gasteiger partial charge in [0.05, 0.1) is 5.69 Å². The molecule has 2 heterocycles. The zero-order valence-corrected chi connectivity index (χ0v) is 15.0. The smallest absolute Gasteiger partial charge is 0.144 e. The van der Waals surface area contributed by atoms with Gasteiger partial charge in [0, 0.05) is 29.8 Å². The van der Waals surface area contributed by atoms with E-state index in [1.165, 1.54) is 0 Å². The number of furan rings is 1. The largest absolute Gasteiger partial charge is 0.455 e. The van der Waals surface area contributed by atoms with Crippen molar-refractivity contribution in [2.45, 2.75) is 12.8 Å². The van der Waals surface area contributed by atoms with Crippen LogP contribution in [-0.4, -0.2) is 4.98 Å². The highest BCUT2D eigenvalue weighted by Crippen LogP contribution is 2.36. The number of hydrogen-bond donors (Lipinski definition) is 0. The summed E-state index contributed by atoms with van der Waals surface area (Å²) in [6, 6.07) is 28.0. The number of fused-ring (bicyclic) bond motifs is 3. The molecule has 0 N–H and O–H groups in total. The van der Waals surface area contributed by atoms with Gasteiger partial charge in [0.1, 0.15) is 11.2 Å². The molecule has 2 heteroatoms. The Morgan fingerprint density at radius 2 is 1.59 bits per heavy atom. The first kappa shape index (κ1) is 14.7. The number of pyridine rings is 1. The van der Waals surface area contributed by atoms with E-state index in [1.54, 1.807) is 6.20 Å². The average Bonchev–Trinajstić information content (AvgIpc) is 3.13. The second-order valence-corrected chi connectivity index (χ2v) is 6.70. The van der Waals surface area contributed by atoms with Crippen LogP contribution in [0.4, 0.5) is 0 Å². The molecule has 0 spiro atoms. The molecule has 0 saturated heterocycles. The molecule has 1 unspecified atom stereocenters. The maximum absolute atomic E-state index is 8.97. The first-order chi connectivity index (χ1) is 13.6. The van der Waals surface area contributed by atoms with Crippen LogP contribution in [0.1, 0.15) is 25.3 Å². The van der Waals surface area contributed by atoms with Crippen LogP contribution in [0, 0.1) is 0 Å². The Labute approximate surface area is 159 Å². The van der Waals surface area contributed by atoms with Crippen LogP contribution in [0.2, 0.25) is 0 Å². The molecule has 27 heavy (non-hydrogen) atoms. The van der Waals surface area contributed by atoms with E-state index in [2.05, 4.69) is 17.1 Å². The van der Waals surface area contributed by atoms with Crippen LogP contribution in [0.15, 0.2) is 95.5 Å². The molecule has 0 bridgehead atoms. The molecular weight excluding hydrogens is 330 g/mol. The molecular formula is C25H19NO. The minimum Gasteiger partial charge on any atom is -0.455 e. The molecule has 0 aliphatic carbocycles. The van der Waals surface area contributed by atoms with E-state index in [4.69, 9.17) is 5.79 Å². The van der Waals surface area contributed by atoms with E-state index in [1.807, 2.05) is 79.7 Å². The van der Waals surface area contributed by atoms with Gasteiger partial charge in [-0.15, -0.1) is 0 Å². The van der Waals surface area contributed by atoms with Crippen molar-refractivity contribution < 1.29 is 5.79 Å². The summed E-state index contributed by atoms with van der Waals surface area (Å²) in [5, 5.41) is 2.18. The molecule has 2 nitrogen and oxygen atoms in total. The summed E-state index contributed by atoms with van der Waals surface area (Å²) in [4.78, 5) is 4.59. The van der Waals surface area contributed by atoms with Gasteiger partial charge in [-0.3, -0.25) is 4.98 Å². The molecule has 5 rings (SSSR count). The van der Waals surface area contributed by atoms with Crippen LogP contribution in [0.5, 0.6) is 0 Å². The predicted octanol–water partition coefficient (Wildman–Crippen LogP) is 6.80. The Balaban J connectivity index is 1.68. The summed E-state index contributed by atoms with van der Waals surface area (Å²) in [6.07, 6.45) is 1.78. The third-order valence-electron chi connectivity index (χ3n) is 5.08. The van der Waals surface area contributed by atoms with E-state index in [0.29, 0.717) is 0 Å². The number of para-hydroxylation sites is 2. The van der Waals surface area contributed by atoms with Crippen molar-refractivity contribution in [2.75, 3.05) is 0 Å². The third kappa shape index (κ3) is 2.70. The first-order valence-corrected chi connectivity index (χ1v) is 9.07. The molecule has 0 fully saturated rings. The summed E-state index contributed by atoms with van der Waals surface area (Å²) < 4.78 is 15.1. The lowest BCUT2D eigenvalue weighted by molar-refractivity contribution is 0.670. The molecule has 0 amide bonds. The van der Waals surface area contributed by atoms with Crippen molar-refractivity contribution in [1.29, 1.82) is 0 Å². The van der Waals surface area contributed by atoms with E-state index in [-0.39, 0.29) is 0 Å². The molecule has 3 aromatic carbocycles. The van der Waals surface area contributed by atoms with Crippen molar-refractivity contribution in [3.05, 3.63) is 102 Å². The Hall–Kier alpha value is -3.39. The molecule has 0 aliphatic heterocycles. The van der Waals surface area contributed by atoms with E-state index < -0.39 is 5.89 Å². The number of aromatic nitrogens is 1. The second kappa shape index (κ2) is 6.40. The second-order valence-electron chi connectivity index (χ2n) is 6.70. The van der Waals surface area contributed by atoms with Gasteiger partial charge < -0.3 is 4.42 Å². The number of nitrogens with zero attached hydrogens (tertiary/aromatic N) is 1. The summed E-state index contributed by atoms with van der Waals surface area (Å²) in [5.74, 6) is -0.860. The summed E-state index contributed by atoms with van der Waals surface area (Å²) >= 11 is 0. The standard InChI is InChI=1S/C25H19NO/c1-17(18-8-3-2-4-9-18)19-14-15-26-23(16-19)22-12-7-11-21-20-10-5-6-13-24(20)27-25(21)22/h2-17H,1H3/i17D. The Bertz CT molecular complexity index is 1290. The van der Waals surface area contributed by atoms with Gasteiger partial charge in [-0.2, -0.15) is 0 Å². The predicted molar refractivity (Wildman–Crippen MR) is 111 cm³/mol. The van der Waals surface area contributed by atoms with Crippen LogP contribution in [0.25, 0.3) is 33.2 Å². The number of hydrogen-bond acceptors (Lipinski definition) is 2. The summed E-state index contributed by atoms with van der Waals surface area (Å²) in [5.41, 5.74) is 5.32. The van der Waals surface area contributed by atoms with Crippen molar-refractivity contribution in [3.63, 3.8) is 0 Å². The van der Waals surface area contributed by atoms with E-state index in [9.17, 15) is 0 Å². The van der Waals surface area contributed by atoms with Gasteiger partial charge in [-0.25, -0.2) is 0 Å². The van der Waals surface area contributed by atoms with Gasteiger partial charge in [-0.1, -0.05) is 67.6 Å². The third-order valence-corrected chi connectivity index (χ3v) is 5.08. The average molecular weight is 350 g/mol. The van der Waals surface area contributed by atoms with E-state index >= 15 is 0 Å². The number of rotatable bonds is 3. The Morgan fingerprint density at radius 3 is 2.48 bits per heavy atom. The van der Waals surface area contributed by atoms with Crippen molar-refractivity contribution in [3.8, 4) is 11.3 Å². The lowest BCUT2D eigenvalue weighted by Crippen LogP contribution is -1.97. The molecule has 1 atom stereocenters. The number of benzene rings is 3. The zero-order valence-electron chi connectivity index (χ0n) is 16.0. The Morgan fingerprint density at radius 1 is 0.815 bits per heavy atom. The maximum atomic E-state index is 8.97. The summed E-state index contributed by atoms with van der Waals surface area (Å²) in [7, 11) is 0. The fourth-order valence-electron chi connectivity index (χ4n) is 3.61. The quantitative estimate of drug-likeness (QED) is 0.357. The highest BCUT2D eigenvalue weighted by Gasteiger charge is 2.14. The fourth-order valence-corrected chi connectivity index (χ4v) is 3.61. The molecule has 130 valence electrons. The molecule has 0 saturated carbocycles. The van der Waals surface area contributed by atoms with E-state index in [0.717, 1.165) is 44.3 Å². The summed E-state index contributed by atoms with van der Waals surface area (Å²) in [6.45, 7) is 1.92.